The number of para-hydroxylation sites is 1. The molecule has 0 atom stereocenters. The van der Waals surface area contributed by atoms with Gasteiger partial charge in [0.05, 0.1) is 11.6 Å². The van der Waals surface area contributed by atoms with E-state index in [1.165, 1.54) is 0 Å². The molecule has 0 amide bonds. The third-order valence-corrected chi connectivity index (χ3v) is 5.61. The normalized spacial score (nSPS) is 12.7. The van der Waals surface area contributed by atoms with Crippen molar-refractivity contribution in [3.63, 3.8) is 0 Å². The Kier molecular flexibility index (Phi) is 5.24. The highest BCUT2D eigenvalue weighted by atomic mass is 79.9. The quantitative estimate of drug-likeness (QED) is 0.718. The van der Waals surface area contributed by atoms with Crippen LogP contribution in [0.1, 0.15) is 41.5 Å². The van der Waals surface area contributed by atoms with Crippen LogP contribution in [0.15, 0.2) is 22.7 Å². The number of methoxy groups -OCH3 is 1. The lowest BCUT2D eigenvalue weighted by atomic mass is 10.2. The molecular weight excluding hydrogens is 324 g/mol. The van der Waals surface area contributed by atoms with Gasteiger partial charge in [-0.1, -0.05) is 6.07 Å². The standard InChI is InChI=1S/C15H24BrO2S/c1-14(2,3)19(15(4,5)6)18-13-11(16)9-8-10-12(13)17-7/h8-10H,1-7H3/q+1. The van der Waals surface area contributed by atoms with Gasteiger partial charge in [0.2, 0.25) is 16.9 Å². The molecule has 1 rings (SSSR count). The smallest absolute Gasteiger partial charge is 0.243 e. The van der Waals surface area contributed by atoms with Gasteiger partial charge in [0.25, 0.3) is 0 Å². The summed E-state index contributed by atoms with van der Waals surface area (Å²) < 4.78 is 12.8. The highest BCUT2D eigenvalue weighted by molar-refractivity contribution is 9.10. The number of ether oxygens (including phenoxy) is 1. The van der Waals surface area contributed by atoms with Gasteiger partial charge in [0, 0.05) is 0 Å². The van der Waals surface area contributed by atoms with E-state index in [9.17, 15) is 0 Å². The lowest BCUT2D eigenvalue weighted by Gasteiger charge is -2.29. The summed E-state index contributed by atoms with van der Waals surface area (Å²) in [6.45, 7) is 13.3. The molecule has 0 aliphatic rings. The molecule has 0 fully saturated rings. The van der Waals surface area contributed by atoms with Crippen LogP contribution in [0, 0.1) is 0 Å². The van der Waals surface area contributed by atoms with Crippen molar-refractivity contribution in [3.8, 4) is 11.5 Å². The summed E-state index contributed by atoms with van der Waals surface area (Å²) in [5.74, 6) is 1.55. The van der Waals surface area contributed by atoms with Crippen molar-refractivity contribution in [2.75, 3.05) is 7.11 Å². The second kappa shape index (κ2) is 5.96. The van der Waals surface area contributed by atoms with Crippen LogP contribution in [0.2, 0.25) is 0 Å². The van der Waals surface area contributed by atoms with E-state index < -0.39 is 0 Å². The Labute approximate surface area is 128 Å². The van der Waals surface area contributed by atoms with Crippen LogP contribution in [-0.4, -0.2) is 16.6 Å². The highest BCUT2D eigenvalue weighted by Gasteiger charge is 2.49. The molecule has 0 aliphatic heterocycles. The Morgan fingerprint density at radius 1 is 1.00 bits per heavy atom. The van der Waals surface area contributed by atoms with E-state index in [-0.39, 0.29) is 20.7 Å². The molecule has 108 valence electrons. The Hall–Kier alpha value is -0.350. The second-order valence-corrected chi connectivity index (χ2v) is 10.4. The van der Waals surface area contributed by atoms with Gasteiger partial charge in [0.1, 0.15) is 0 Å². The maximum atomic E-state index is 6.35. The Morgan fingerprint density at radius 2 is 1.53 bits per heavy atom. The molecule has 0 spiro atoms. The predicted octanol–water partition coefficient (Wildman–Crippen LogP) is 4.97. The van der Waals surface area contributed by atoms with Crippen LogP contribution in [0.25, 0.3) is 0 Å². The molecule has 19 heavy (non-hydrogen) atoms. The number of hydrogen-bond donors (Lipinski definition) is 0. The van der Waals surface area contributed by atoms with Crippen molar-refractivity contribution in [1.29, 1.82) is 0 Å². The molecule has 0 unspecified atom stereocenters. The first-order chi connectivity index (χ1) is 8.57. The van der Waals surface area contributed by atoms with Gasteiger partial charge in [-0.2, -0.15) is 0 Å². The van der Waals surface area contributed by atoms with Crippen LogP contribution >= 0.6 is 15.9 Å². The van der Waals surface area contributed by atoms with Gasteiger partial charge < -0.3 is 4.74 Å². The minimum absolute atomic E-state index is 0.0680. The fourth-order valence-corrected chi connectivity index (χ4v) is 5.19. The summed E-state index contributed by atoms with van der Waals surface area (Å²) in [5.41, 5.74) is 0. The number of halogens is 1. The fraction of sp³-hybridized carbons (Fsp3) is 0.600. The molecule has 0 saturated carbocycles. The molecule has 0 saturated heterocycles. The van der Waals surface area contributed by atoms with Crippen LogP contribution < -0.4 is 8.92 Å². The van der Waals surface area contributed by atoms with Gasteiger partial charge in [0.15, 0.2) is 15.2 Å². The molecular formula is C15H24BrO2S+. The predicted molar refractivity (Wildman–Crippen MR) is 88.2 cm³/mol. The topological polar surface area (TPSA) is 18.5 Å². The summed E-state index contributed by atoms with van der Waals surface area (Å²) in [7, 11) is 1.67. The molecule has 4 heteroatoms. The lowest BCUT2D eigenvalue weighted by molar-refractivity contribution is 0.395. The zero-order valence-corrected chi connectivity index (χ0v) is 15.2. The molecule has 0 N–H and O–H groups in total. The highest BCUT2D eigenvalue weighted by Crippen LogP contribution is 2.41. The van der Waals surface area contributed by atoms with Crippen LogP contribution in [0.3, 0.4) is 0 Å². The third kappa shape index (κ3) is 4.32. The van der Waals surface area contributed by atoms with E-state index in [2.05, 4.69) is 57.5 Å². The molecule has 0 radical (unpaired) electrons. The summed E-state index contributed by atoms with van der Waals surface area (Å²) in [5, 5.41) is 0. The van der Waals surface area contributed by atoms with E-state index in [0.717, 1.165) is 16.0 Å². The van der Waals surface area contributed by atoms with Gasteiger partial charge in [-0.25, -0.2) is 0 Å². The second-order valence-electron chi connectivity index (χ2n) is 6.35. The minimum atomic E-state index is -0.242. The summed E-state index contributed by atoms with van der Waals surface area (Å²) in [6, 6.07) is 5.85. The Bertz CT molecular complexity index is 419. The average molecular weight is 348 g/mol. The zero-order valence-electron chi connectivity index (χ0n) is 12.8. The van der Waals surface area contributed by atoms with Crippen LogP contribution in [-0.2, 0) is 11.2 Å². The molecule has 1 aromatic carbocycles. The van der Waals surface area contributed by atoms with E-state index in [1.54, 1.807) is 7.11 Å². The first-order valence-corrected chi connectivity index (χ1v) is 8.27. The largest absolute Gasteiger partial charge is 0.493 e. The zero-order chi connectivity index (χ0) is 14.8. The van der Waals surface area contributed by atoms with Crippen LogP contribution in [0.4, 0.5) is 0 Å². The minimum Gasteiger partial charge on any atom is -0.493 e. The molecule has 0 aromatic heterocycles. The van der Waals surface area contributed by atoms with Gasteiger partial charge >= 0.3 is 0 Å². The lowest BCUT2D eigenvalue weighted by Crippen LogP contribution is -2.45. The van der Waals surface area contributed by atoms with Gasteiger partial charge in [-0.05, 0) is 69.6 Å². The first kappa shape index (κ1) is 16.7. The molecule has 0 bridgehead atoms. The summed E-state index contributed by atoms with van der Waals surface area (Å²) >= 11 is 3.31. The number of rotatable bonds is 3. The molecule has 0 aliphatic carbocycles. The maximum Gasteiger partial charge on any atom is 0.243 e. The van der Waals surface area contributed by atoms with Crippen molar-refractivity contribution >= 4 is 27.1 Å². The van der Waals surface area contributed by atoms with Crippen LogP contribution in [0.5, 0.6) is 11.5 Å². The fourth-order valence-electron chi connectivity index (χ4n) is 1.98. The van der Waals surface area contributed by atoms with E-state index >= 15 is 0 Å². The molecule has 2 nitrogen and oxygen atoms in total. The van der Waals surface area contributed by atoms with Gasteiger partial charge in [-0.3, -0.25) is 4.18 Å². The Morgan fingerprint density at radius 3 is 1.95 bits per heavy atom. The van der Waals surface area contributed by atoms with Crippen molar-refractivity contribution in [2.45, 2.75) is 51.0 Å². The van der Waals surface area contributed by atoms with Crippen molar-refractivity contribution in [2.24, 2.45) is 0 Å². The number of hydrogen-bond acceptors (Lipinski definition) is 2. The maximum absolute atomic E-state index is 6.35. The summed E-state index contributed by atoms with van der Waals surface area (Å²) in [6.07, 6.45) is 0. The third-order valence-electron chi connectivity index (χ3n) is 2.43. The molecule has 1 aromatic rings. The average Bonchev–Trinajstić information content (AvgIpc) is 2.23. The number of benzene rings is 1. The SMILES string of the molecule is COc1cccc(Br)c1O[S+](C(C)(C)C)C(C)(C)C. The molecule has 0 heterocycles. The van der Waals surface area contributed by atoms with E-state index in [1.807, 2.05) is 18.2 Å². The van der Waals surface area contributed by atoms with Crippen molar-refractivity contribution in [3.05, 3.63) is 22.7 Å². The first-order valence-electron chi connectivity index (χ1n) is 6.32. The van der Waals surface area contributed by atoms with E-state index in [0.29, 0.717) is 0 Å². The monoisotopic (exact) mass is 347 g/mol. The van der Waals surface area contributed by atoms with Gasteiger partial charge in [-0.15, -0.1) is 0 Å². The Balaban J connectivity index is 3.18. The summed E-state index contributed by atoms with van der Waals surface area (Å²) in [4.78, 5) is 0. The van der Waals surface area contributed by atoms with E-state index in [4.69, 9.17) is 8.92 Å². The van der Waals surface area contributed by atoms with Crippen molar-refractivity contribution < 1.29 is 8.92 Å². The van der Waals surface area contributed by atoms with Crippen molar-refractivity contribution in [1.82, 2.24) is 0 Å².